The normalized spacial score (nSPS) is 11.2. The summed E-state index contributed by atoms with van der Waals surface area (Å²) in [5, 5.41) is 2.92. The van der Waals surface area contributed by atoms with E-state index in [9.17, 15) is 4.79 Å². The van der Waals surface area contributed by atoms with Crippen LogP contribution in [-0.2, 0) is 9.47 Å². The minimum Gasteiger partial charge on any atom is -0.360 e. The smallest absolute Gasteiger partial charge is 0.293 e. The highest BCUT2D eigenvalue weighted by Crippen LogP contribution is 2.02. The van der Waals surface area contributed by atoms with E-state index in [0.717, 1.165) is 0 Å². The summed E-state index contributed by atoms with van der Waals surface area (Å²) >= 11 is 0. The summed E-state index contributed by atoms with van der Waals surface area (Å²) in [5.41, 5.74) is -0.145. The van der Waals surface area contributed by atoms with Gasteiger partial charge >= 0.3 is 0 Å². The number of rotatable bonds is 6. The van der Waals surface area contributed by atoms with Gasteiger partial charge in [-0.25, -0.2) is 4.98 Å². The first-order chi connectivity index (χ1) is 8.10. The molecule has 1 aromatic rings. The quantitative estimate of drug-likeness (QED) is 0.748. The third kappa shape index (κ3) is 3.54. The van der Waals surface area contributed by atoms with Crippen LogP contribution in [0.25, 0.3) is 0 Å². The second-order valence-corrected chi connectivity index (χ2v) is 3.86. The Hall–Kier alpha value is -1.40. The first-order valence-electron chi connectivity index (χ1n) is 5.46. The zero-order chi connectivity index (χ0) is 12.8. The Morgan fingerprint density at radius 3 is 2.59 bits per heavy atom. The predicted octanol–water partition coefficient (Wildman–Crippen LogP) is 0.855. The highest BCUT2D eigenvalue weighted by atomic mass is 16.7. The molecule has 1 N–H and O–H groups in total. The first-order valence-corrected chi connectivity index (χ1v) is 5.46. The summed E-state index contributed by atoms with van der Waals surface area (Å²) in [7, 11) is 3.08. The highest BCUT2D eigenvalue weighted by molar-refractivity contribution is 5.30. The number of hydrogen-bond acceptors (Lipinski definition) is 5. The zero-order valence-electron chi connectivity index (χ0n) is 10.6. The molecule has 96 valence electrons. The summed E-state index contributed by atoms with van der Waals surface area (Å²) < 4.78 is 11.6. The van der Waals surface area contributed by atoms with Crippen molar-refractivity contribution in [2.75, 3.05) is 26.1 Å². The molecule has 0 radical (unpaired) electrons. The number of anilines is 1. The molecule has 0 saturated heterocycles. The molecule has 1 rings (SSSR count). The largest absolute Gasteiger partial charge is 0.360 e. The number of ether oxygens (including phenoxy) is 2. The van der Waals surface area contributed by atoms with Gasteiger partial charge in [-0.05, 0) is 13.8 Å². The molecule has 0 fully saturated rings. The van der Waals surface area contributed by atoms with Gasteiger partial charge in [0.15, 0.2) is 12.1 Å². The number of nitrogens with one attached hydrogen (secondary N) is 1. The second kappa shape index (κ2) is 6.36. The number of hydrogen-bond donors (Lipinski definition) is 1. The van der Waals surface area contributed by atoms with Crippen LogP contribution in [0.15, 0.2) is 17.2 Å². The fourth-order valence-corrected chi connectivity index (χ4v) is 1.40. The third-order valence-corrected chi connectivity index (χ3v) is 2.39. The molecule has 1 aromatic heterocycles. The number of aromatic nitrogens is 2. The minimum atomic E-state index is -0.399. The van der Waals surface area contributed by atoms with E-state index in [1.54, 1.807) is 31.2 Å². The van der Waals surface area contributed by atoms with Gasteiger partial charge in [-0.15, -0.1) is 0 Å². The van der Waals surface area contributed by atoms with Crippen molar-refractivity contribution in [2.24, 2.45) is 0 Å². The lowest BCUT2D eigenvalue weighted by atomic mass is 10.4. The lowest BCUT2D eigenvalue weighted by Crippen LogP contribution is -2.30. The van der Waals surface area contributed by atoms with E-state index in [0.29, 0.717) is 12.4 Å². The average Bonchev–Trinajstić information content (AvgIpc) is 2.32. The van der Waals surface area contributed by atoms with Crippen LogP contribution >= 0.6 is 0 Å². The average molecular weight is 241 g/mol. The van der Waals surface area contributed by atoms with E-state index in [4.69, 9.17) is 9.47 Å². The molecule has 17 heavy (non-hydrogen) atoms. The van der Waals surface area contributed by atoms with E-state index in [1.165, 1.54) is 0 Å². The Morgan fingerprint density at radius 1 is 1.41 bits per heavy atom. The van der Waals surface area contributed by atoms with Gasteiger partial charge in [0.1, 0.15) is 0 Å². The summed E-state index contributed by atoms with van der Waals surface area (Å²) in [6, 6.07) is 0.103. The van der Waals surface area contributed by atoms with Gasteiger partial charge in [0.05, 0.1) is 6.54 Å². The molecule has 0 aliphatic carbocycles. The Kier molecular flexibility index (Phi) is 5.11. The second-order valence-electron chi connectivity index (χ2n) is 3.86. The maximum atomic E-state index is 12.0. The van der Waals surface area contributed by atoms with Gasteiger partial charge < -0.3 is 19.4 Å². The molecule has 0 aliphatic heterocycles. The summed E-state index contributed by atoms with van der Waals surface area (Å²) in [6.45, 7) is 4.26. The van der Waals surface area contributed by atoms with Gasteiger partial charge in [0.2, 0.25) is 0 Å². The fourth-order valence-electron chi connectivity index (χ4n) is 1.40. The Balaban J connectivity index is 2.78. The molecule has 6 nitrogen and oxygen atoms in total. The number of methoxy groups -OCH3 is 2. The van der Waals surface area contributed by atoms with Crippen molar-refractivity contribution < 1.29 is 9.47 Å². The molecule has 0 bridgehead atoms. The van der Waals surface area contributed by atoms with Crippen molar-refractivity contribution in [3.05, 3.63) is 22.7 Å². The molecule has 0 unspecified atom stereocenters. The van der Waals surface area contributed by atoms with Crippen LogP contribution in [0.1, 0.15) is 19.9 Å². The first kappa shape index (κ1) is 13.7. The molecule has 0 amide bonds. The van der Waals surface area contributed by atoms with Crippen LogP contribution in [0.2, 0.25) is 0 Å². The molecular weight excluding hydrogens is 222 g/mol. The van der Waals surface area contributed by atoms with Crippen LogP contribution in [0.3, 0.4) is 0 Å². The fraction of sp³-hybridized carbons (Fsp3) is 0.636. The van der Waals surface area contributed by atoms with E-state index in [-0.39, 0.29) is 11.6 Å². The van der Waals surface area contributed by atoms with E-state index >= 15 is 0 Å². The monoisotopic (exact) mass is 241 g/mol. The minimum absolute atomic E-state index is 0.103. The zero-order valence-corrected chi connectivity index (χ0v) is 10.6. The van der Waals surface area contributed by atoms with E-state index in [1.807, 2.05) is 13.8 Å². The Bertz CT molecular complexity index is 399. The highest BCUT2D eigenvalue weighted by Gasteiger charge is 2.09. The van der Waals surface area contributed by atoms with Crippen molar-refractivity contribution in [2.45, 2.75) is 26.2 Å². The van der Waals surface area contributed by atoms with Gasteiger partial charge in [-0.1, -0.05) is 0 Å². The molecular formula is C11H19N3O3. The molecule has 0 aromatic carbocycles. The van der Waals surface area contributed by atoms with Crippen molar-refractivity contribution in [1.82, 2.24) is 9.55 Å². The SMILES string of the molecule is COC(CNc1nccn(C(C)C)c1=O)OC. The standard InChI is InChI=1S/C11H19N3O3/c1-8(2)14-6-5-12-10(11(14)15)13-7-9(16-3)17-4/h5-6,8-9H,7H2,1-4H3,(H,12,13). The number of nitrogens with zero attached hydrogens (tertiary/aromatic N) is 2. The van der Waals surface area contributed by atoms with Gasteiger partial charge in [-0.2, -0.15) is 0 Å². The molecule has 0 aliphatic rings. The summed E-state index contributed by atoms with van der Waals surface area (Å²) in [5.74, 6) is 0.306. The van der Waals surface area contributed by atoms with E-state index in [2.05, 4.69) is 10.3 Å². The molecule has 0 spiro atoms. The maximum Gasteiger partial charge on any atom is 0.293 e. The maximum absolute atomic E-state index is 12.0. The van der Waals surface area contributed by atoms with Crippen molar-refractivity contribution >= 4 is 5.82 Å². The van der Waals surface area contributed by atoms with Gasteiger partial charge in [0.25, 0.3) is 5.56 Å². The lowest BCUT2D eigenvalue weighted by Gasteiger charge is -2.15. The Morgan fingerprint density at radius 2 is 2.06 bits per heavy atom. The van der Waals surface area contributed by atoms with Gasteiger partial charge in [0, 0.05) is 32.7 Å². The van der Waals surface area contributed by atoms with Crippen LogP contribution in [-0.4, -0.2) is 36.6 Å². The van der Waals surface area contributed by atoms with Crippen LogP contribution in [0.5, 0.6) is 0 Å². The topological polar surface area (TPSA) is 65.4 Å². The van der Waals surface area contributed by atoms with Crippen molar-refractivity contribution in [3.8, 4) is 0 Å². The Labute approximate surface area is 101 Å². The molecule has 0 saturated carbocycles. The van der Waals surface area contributed by atoms with Gasteiger partial charge in [-0.3, -0.25) is 4.79 Å². The third-order valence-electron chi connectivity index (χ3n) is 2.39. The predicted molar refractivity (Wildman–Crippen MR) is 65.2 cm³/mol. The summed E-state index contributed by atoms with van der Waals surface area (Å²) in [6.07, 6.45) is 2.87. The van der Waals surface area contributed by atoms with Crippen molar-refractivity contribution in [3.63, 3.8) is 0 Å². The van der Waals surface area contributed by atoms with Crippen LogP contribution < -0.4 is 10.9 Å². The molecule has 0 atom stereocenters. The van der Waals surface area contributed by atoms with E-state index < -0.39 is 6.29 Å². The van der Waals surface area contributed by atoms with Crippen LogP contribution in [0, 0.1) is 0 Å². The lowest BCUT2D eigenvalue weighted by molar-refractivity contribution is -0.0914. The molecule has 6 heteroatoms. The van der Waals surface area contributed by atoms with Crippen molar-refractivity contribution in [1.29, 1.82) is 0 Å². The summed E-state index contributed by atoms with van der Waals surface area (Å²) in [4.78, 5) is 16.0. The van der Waals surface area contributed by atoms with Crippen LogP contribution in [0.4, 0.5) is 5.82 Å². The molecule has 1 heterocycles.